The van der Waals surface area contributed by atoms with E-state index in [1.165, 1.54) is 16.8 Å². The Hall–Kier alpha value is -1.70. The largest absolute Gasteiger partial charge is 0.378 e. The fraction of sp³-hybridized carbons (Fsp3) is 0.600. The van der Waals surface area contributed by atoms with E-state index in [0.29, 0.717) is 38.0 Å². The zero-order valence-electron chi connectivity index (χ0n) is 16.2. The van der Waals surface area contributed by atoms with E-state index in [-0.39, 0.29) is 5.91 Å². The van der Waals surface area contributed by atoms with Gasteiger partial charge in [0.05, 0.1) is 13.2 Å². The summed E-state index contributed by atoms with van der Waals surface area (Å²) in [5.41, 5.74) is 4.46. The zero-order chi connectivity index (χ0) is 18.8. The van der Waals surface area contributed by atoms with Crippen LogP contribution < -0.4 is 0 Å². The molecule has 6 nitrogen and oxygen atoms in total. The summed E-state index contributed by atoms with van der Waals surface area (Å²) in [5, 5.41) is 9.07. The van der Waals surface area contributed by atoms with Gasteiger partial charge in [0.2, 0.25) is 0 Å². The summed E-state index contributed by atoms with van der Waals surface area (Å²) < 4.78 is 7.44. The predicted octanol–water partition coefficient (Wildman–Crippen LogP) is 2.43. The number of hydrogen-bond donors (Lipinski definition) is 0. The van der Waals surface area contributed by atoms with E-state index in [2.05, 4.69) is 35.7 Å². The van der Waals surface area contributed by atoms with E-state index in [1.54, 1.807) is 11.3 Å². The first kappa shape index (κ1) is 18.7. The van der Waals surface area contributed by atoms with Gasteiger partial charge in [-0.1, -0.05) is 0 Å². The number of carbonyl (C=O) groups excluding carboxylic acids is 1. The Morgan fingerprint density at radius 1 is 1.41 bits per heavy atom. The smallest absolute Gasteiger partial charge is 0.274 e. The molecule has 2 aliphatic rings. The van der Waals surface area contributed by atoms with Crippen molar-refractivity contribution in [2.75, 3.05) is 33.4 Å². The van der Waals surface area contributed by atoms with Crippen LogP contribution in [0.4, 0.5) is 0 Å². The van der Waals surface area contributed by atoms with Crippen LogP contribution in [0.25, 0.3) is 0 Å². The number of nitrogens with zero attached hydrogens (tertiary/aromatic N) is 4. The highest BCUT2D eigenvalue weighted by atomic mass is 32.1. The van der Waals surface area contributed by atoms with E-state index >= 15 is 0 Å². The van der Waals surface area contributed by atoms with Crippen LogP contribution in [-0.2, 0) is 30.7 Å². The van der Waals surface area contributed by atoms with Crippen molar-refractivity contribution in [2.45, 2.75) is 45.3 Å². The van der Waals surface area contributed by atoms with Crippen LogP contribution in [0.15, 0.2) is 16.8 Å². The number of carbonyl (C=O) groups is 1. The van der Waals surface area contributed by atoms with Crippen molar-refractivity contribution in [2.24, 2.45) is 0 Å². The first-order chi connectivity index (χ1) is 13.2. The molecule has 2 aromatic heterocycles. The van der Waals surface area contributed by atoms with Gasteiger partial charge in [-0.2, -0.15) is 16.4 Å². The summed E-state index contributed by atoms with van der Waals surface area (Å²) >= 11 is 1.74. The molecular weight excluding hydrogens is 360 g/mol. The van der Waals surface area contributed by atoms with Gasteiger partial charge in [0.15, 0.2) is 5.69 Å². The molecule has 0 saturated carbocycles. The van der Waals surface area contributed by atoms with Crippen molar-refractivity contribution in [1.29, 1.82) is 0 Å². The Morgan fingerprint density at radius 3 is 2.93 bits per heavy atom. The standard InChI is InChI=1S/C20H28N4O2S/c1-3-24-18-5-4-16(22(2)13-15-6-11-27-14-15)12-17(18)19(21-24)20(25)23-7-9-26-10-8-23/h6,11,14,16H,3-5,7-10,12-13H2,1-2H3. The molecule has 0 N–H and O–H groups in total. The molecule has 1 fully saturated rings. The summed E-state index contributed by atoms with van der Waals surface area (Å²) in [7, 11) is 2.20. The highest BCUT2D eigenvalue weighted by Crippen LogP contribution is 2.29. The zero-order valence-corrected chi connectivity index (χ0v) is 17.0. The maximum absolute atomic E-state index is 13.1. The Balaban J connectivity index is 1.55. The molecule has 0 aromatic carbocycles. The molecule has 1 saturated heterocycles. The molecule has 2 aromatic rings. The molecule has 1 amide bonds. The second-order valence-corrected chi connectivity index (χ2v) is 8.22. The Morgan fingerprint density at radius 2 is 2.22 bits per heavy atom. The number of hydrogen-bond acceptors (Lipinski definition) is 5. The minimum atomic E-state index is 0.0721. The fourth-order valence-electron chi connectivity index (χ4n) is 4.19. The number of morpholine rings is 1. The van der Waals surface area contributed by atoms with E-state index in [1.807, 2.05) is 9.58 Å². The maximum Gasteiger partial charge on any atom is 0.274 e. The van der Waals surface area contributed by atoms with Gasteiger partial charge in [0, 0.05) is 43.5 Å². The topological polar surface area (TPSA) is 50.6 Å². The Bertz CT molecular complexity index is 780. The third-order valence-electron chi connectivity index (χ3n) is 5.76. The van der Waals surface area contributed by atoms with E-state index in [9.17, 15) is 4.79 Å². The lowest BCUT2D eigenvalue weighted by Crippen LogP contribution is -2.42. The second kappa shape index (κ2) is 8.12. The Kier molecular flexibility index (Phi) is 5.61. The molecule has 146 valence electrons. The van der Waals surface area contributed by atoms with Gasteiger partial charge in [0.1, 0.15) is 0 Å². The third-order valence-corrected chi connectivity index (χ3v) is 6.49. The lowest BCUT2D eigenvalue weighted by molar-refractivity contribution is 0.0297. The third kappa shape index (κ3) is 3.81. The average molecular weight is 389 g/mol. The predicted molar refractivity (Wildman–Crippen MR) is 106 cm³/mol. The molecule has 1 aliphatic carbocycles. The summed E-state index contributed by atoms with van der Waals surface area (Å²) in [4.78, 5) is 17.4. The molecule has 1 unspecified atom stereocenters. The van der Waals surface area contributed by atoms with Gasteiger partial charge in [-0.15, -0.1) is 0 Å². The number of aryl methyl sites for hydroxylation is 1. The van der Waals surface area contributed by atoms with Crippen molar-refractivity contribution in [3.63, 3.8) is 0 Å². The van der Waals surface area contributed by atoms with E-state index < -0.39 is 0 Å². The minimum absolute atomic E-state index is 0.0721. The monoisotopic (exact) mass is 388 g/mol. The summed E-state index contributed by atoms with van der Waals surface area (Å²) in [6, 6.07) is 2.64. The van der Waals surface area contributed by atoms with Crippen molar-refractivity contribution in [1.82, 2.24) is 19.6 Å². The number of fused-ring (bicyclic) bond motifs is 1. The molecule has 7 heteroatoms. The normalized spacial score (nSPS) is 20.1. The molecule has 0 bridgehead atoms. The average Bonchev–Trinajstić information content (AvgIpc) is 3.35. The fourth-order valence-corrected chi connectivity index (χ4v) is 4.85. The molecule has 1 aliphatic heterocycles. The molecule has 27 heavy (non-hydrogen) atoms. The van der Waals surface area contributed by atoms with Gasteiger partial charge < -0.3 is 9.64 Å². The van der Waals surface area contributed by atoms with Gasteiger partial charge in [-0.3, -0.25) is 14.4 Å². The van der Waals surface area contributed by atoms with Crippen molar-refractivity contribution in [3.05, 3.63) is 39.3 Å². The number of amides is 1. The van der Waals surface area contributed by atoms with Gasteiger partial charge >= 0.3 is 0 Å². The van der Waals surface area contributed by atoms with Crippen LogP contribution in [0.2, 0.25) is 0 Å². The van der Waals surface area contributed by atoms with Gasteiger partial charge in [-0.05, 0) is 55.6 Å². The van der Waals surface area contributed by atoms with Crippen molar-refractivity contribution in [3.8, 4) is 0 Å². The van der Waals surface area contributed by atoms with E-state index in [4.69, 9.17) is 9.84 Å². The van der Waals surface area contributed by atoms with E-state index in [0.717, 1.165) is 32.4 Å². The van der Waals surface area contributed by atoms with Crippen LogP contribution in [0.3, 0.4) is 0 Å². The number of thiophene rings is 1. The van der Waals surface area contributed by atoms with Crippen LogP contribution in [0.1, 0.15) is 40.7 Å². The van der Waals surface area contributed by atoms with Crippen molar-refractivity contribution < 1.29 is 9.53 Å². The number of rotatable bonds is 5. The quantitative estimate of drug-likeness (QED) is 0.789. The van der Waals surface area contributed by atoms with Gasteiger partial charge in [0.25, 0.3) is 5.91 Å². The highest BCUT2D eigenvalue weighted by molar-refractivity contribution is 7.07. The van der Waals surface area contributed by atoms with Crippen LogP contribution in [-0.4, -0.2) is 64.9 Å². The molecule has 3 heterocycles. The van der Waals surface area contributed by atoms with Crippen LogP contribution >= 0.6 is 11.3 Å². The second-order valence-electron chi connectivity index (χ2n) is 7.44. The molecule has 0 spiro atoms. The first-order valence-electron chi connectivity index (χ1n) is 9.84. The molecule has 4 rings (SSSR count). The van der Waals surface area contributed by atoms with Crippen LogP contribution in [0.5, 0.6) is 0 Å². The number of likely N-dealkylation sites (N-methyl/N-ethyl adjacent to an activating group) is 1. The molecule has 0 radical (unpaired) electrons. The Labute approximate surface area is 164 Å². The first-order valence-corrected chi connectivity index (χ1v) is 10.8. The summed E-state index contributed by atoms with van der Waals surface area (Å²) in [5.74, 6) is 0.0721. The SMILES string of the molecule is CCn1nc(C(=O)N2CCOCC2)c2c1CCC(N(C)Cc1ccsc1)C2. The molecule has 1 atom stereocenters. The lowest BCUT2D eigenvalue weighted by Gasteiger charge is -2.32. The minimum Gasteiger partial charge on any atom is -0.378 e. The highest BCUT2D eigenvalue weighted by Gasteiger charge is 2.32. The van der Waals surface area contributed by atoms with Crippen molar-refractivity contribution >= 4 is 17.2 Å². The maximum atomic E-state index is 13.1. The van der Waals surface area contributed by atoms with Crippen LogP contribution in [0, 0.1) is 0 Å². The summed E-state index contributed by atoms with van der Waals surface area (Å²) in [6.45, 7) is 6.43. The lowest BCUT2D eigenvalue weighted by atomic mass is 9.90. The molecular formula is C20H28N4O2S. The summed E-state index contributed by atoms with van der Waals surface area (Å²) in [6.07, 6.45) is 3.01. The van der Waals surface area contributed by atoms with Gasteiger partial charge in [-0.25, -0.2) is 0 Å². The number of ether oxygens (including phenoxy) is 1. The number of aromatic nitrogens is 2.